The number of aromatic hydroxyl groups is 1. The van der Waals surface area contributed by atoms with Crippen LogP contribution in [0.25, 0.3) is 0 Å². The van der Waals surface area contributed by atoms with Crippen molar-refractivity contribution in [1.82, 2.24) is 10.3 Å². The molecule has 1 aliphatic rings. The van der Waals surface area contributed by atoms with Crippen LogP contribution in [-0.2, 0) is 0 Å². The number of benzene rings is 1. The quantitative estimate of drug-likeness (QED) is 0.884. The number of nitrogens with zero attached hydrogens (tertiary/aromatic N) is 1. The Kier molecular flexibility index (Phi) is 5.41. The molecule has 5 heteroatoms. The molecule has 24 heavy (non-hydrogen) atoms. The van der Waals surface area contributed by atoms with Crippen molar-refractivity contribution in [3.8, 4) is 5.75 Å². The fourth-order valence-electron chi connectivity index (χ4n) is 2.99. The Hall–Kier alpha value is -2.01. The van der Waals surface area contributed by atoms with Gasteiger partial charge in [-0.3, -0.25) is 4.79 Å². The Morgan fingerprint density at radius 1 is 1.17 bits per heavy atom. The first kappa shape index (κ1) is 16.8. The first-order valence-electron chi connectivity index (χ1n) is 8.30. The number of aromatic nitrogens is 1. The number of amides is 1. The summed E-state index contributed by atoms with van der Waals surface area (Å²) in [4.78, 5) is 17.6. The summed E-state index contributed by atoms with van der Waals surface area (Å²) in [5, 5.41) is 13.6. The lowest BCUT2D eigenvalue weighted by atomic mass is 9.95. The summed E-state index contributed by atoms with van der Waals surface area (Å²) in [6.07, 6.45) is 5.64. The third-order valence-electron chi connectivity index (χ3n) is 4.40. The molecule has 1 amide bonds. The highest BCUT2D eigenvalue weighted by atomic mass is 32.2. The van der Waals surface area contributed by atoms with Crippen molar-refractivity contribution in [3.63, 3.8) is 0 Å². The van der Waals surface area contributed by atoms with Gasteiger partial charge >= 0.3 is 0 Å². The van der Waals surface area contributed by atoms with Crippen molar-refractivity contribution < 1.29 is 9.90 Å². The SMILES string of the molecule is Cc1ccnc(C(=O)NC2CCC(Sc3ccccc3)CC2)c1O. The van der Waals surface area contributed by atoms with Gasteiger partial charge in [0.1, 0.15) is 5.75 Å². The molecular weight excluding hydrogens is 320 g/mol. The minimum absolute atomic E-state index is 0.0247. The van der Waals surface area contributed by atoms with Crippen molar-refractivity contribution in [2.75, 3.05) is 0 Å². The van der Waals surface area contributed by atoms with Gasteiger partial charge in [0.05, 0.1) is 0 Å². The van der Waals surface area contributed by atoms with E-state index in [1.165, 1.54) is 4.90 Å². The molecule has 0 unspecified atom stereocenters. The zero-order chi connectivity index (χ0) is 16.9. The highest BCUT2D eigenvalue weighted by Crippen LogP contribution is 2.33. The van der Waals surface area contributed by atoms with E-state index in [9.17, 15) is 9.90 Å². The lowest BCUT2D eigenvalue weighted by Crippen LogP contribution is -2.38. The minimum Gasteiger partial charge on any atom is -0.505 e. The van der Waals surface area contributed by atoms with Gasteiger partial charge in [0.25, 0.3) is 5.91 Å². The average molecular weight is 342 g/mol. The van der Waals surface area contributed by atoms with Gasteiger partial charge in [0.2, 0.25) is 0 Å². The van der Waals surface area contributed by atoms with Crippen LogP contribution in [-0.4, -0.2) is 27.3 Å². The second-order valence-corrected chi connectivity index (χ2v) is 7.58. The number of hydrogen-bond donors (Lipinski definition) is 2. The summed E-state index contributed by atoms with van der Waals surface area (Å²) >= 11 is 1.92. The van der Waals surface area contributed by atoms with Gasteiger partial charge in [0, 0.05) is 22.4 Å². The summed E-state index contributed by atoms with van der Waals surface area (Å²) in [6.45, 7) is 1.76. The van der Waals surface area contributed by atoms with Crippen LogP contribution in [0.1, 0.15) is 41.7 Å². The summed E-state index contributed by atoms with van der Waals surface area (Å²) in [5.74, 6) is -0.307. The topological polar surface area (TPSA) is 62.2 Å². The van der Waals surface area contributed by atoms with Gasteiger partial charge in [-0.15, -0.1) is 11.8 Å². The fraction of sp³-hybridized carbons (Fsp3) is 0.368. The fourth-order valence-corrected chi connectivity index (χ4v) is 4.19. The molecule has 0 aliphatic heterocycles. The normalized spacial score (nSPS) is 20.5. The molecule has 1 aliphatic carbocycles. The zero-order valence-electron chi connectivity index (χ0n) is 13.7. The standard InChI is InChI=1S/C19H22N2O2S/c1-13-11-12-20-17(18(13)22)19(23)21-14-7-9-16(10-8-14)24-15-5-3-2-4-6-15/h2-6,11-12,14,16,22H,7-10H2,1H3,(H,21,23). The number of nitrogens with one attached hydrogen (secondary N) is 1. The molecule has 0 spiro atoms. The van der Waals surface area contributed by atoms with E-state index >= 15 is 0 Å². The number of carbonyl (C=O) groups excluding carboxylic acids is 1. The van der Waals surface area contributed by atoms with Crippen molar-refractivity contribution in [2.45, 2.75) is 48.8 Å². The maximum Gasteiger partial charge on any atom is 0.273 e. The number of aryl methyl sites for hydroxylation is 1. The predicted molar refractivity (Wildman–Crippen MR) is 96.4 cm³/mol. The van der Waals surface area contributed by atoms with Crippen LogP contribution in [0.5, 0.6) is 5.75 Å². The Morgan fingerprint density at radius 3 is 2.58 bits per heavy atom. The van der Waals surface area contributed by atoms with E-state index in [1.807, 2.05) is 17.8 Å². The van der Waals surface area contributed by atoms with E-state index in [-0.39, 0.29) is 23.4 Å². The maximum absolute atomic E-state index is 12.3. The van der Waals surface area contributed by atoms with Crippen molar-refractivity contribution in [2.24, 2.45) is 0 Å². The summed E-state index contributed by atoms with van der Waals surface area (Å²) in [6, 6.07) is 12.3. The van der Waals surface area contributed by atoms with Crippen molar-refractivity contribution in [1.29, 1.82) is 0 Å². The van der Waals surface area contributed by atoms with Gasteiger partial charge in [-0.2, -0.15) is 0 Å². The predicted octanol–water partition coefficient (Wildman–Crippen LogP) is 3.93. The molecule has 126 valence electrons. The van der Waals surface area contributed by atoms with Crippen LogP contribution in [0, 0.1) is 6.92 Å². The minimum atomic E-state index is -0.282. The molecule has 4 nitrogen and oxygen atoms in total. The zero-order valence-corrected chi connectivity index (χ0v) is 14.6. The van der Waals surface area contributed by atoms with E-state index in [4.69, 9.17) is 0 Å². The summed E-state index contributed by atoms with van der Waals surface area (Å²) in [5.41, 5.74) is 0.786. The molecule has 1 heterocycles. The molecule has 1 aromatic heterocycles. The van der Waals surface area contributed by atoms with Gasteiger partial charge in [0.15, 0.2) is 5.69 Å². The van der Waals surface area contributed by atoms with Crippen LogP contribution in [0.3, 0.4) is 0 Å². The Bertz CT molecular complexity index is 698. The molecule has 2 N–H and O–H groups in total. The number of pyridine rings is 1. The van der Waals surface area contributed by atoms with E-state index in [0.29, 0.717) is 10.8 Å². The van der Waals surface area contributed by atoms with Crippen LogP contribution in [0.15, 0.2) is 47.5 Å². The lowest BCUT2D eigenvalue weighted by molar-refractivity contribution is 0.0920. The number of thioether (sulfide) groups is 1. The number of hydrogen-bond acceptors (Lipinski definition) is 4. The molecule has 3 rings (SSSR count). The molecule has 1 saturated carbocycles. The third kappa shape index (κ3) is 4.09. The molecule has 1 fully saturated rings. The third-order valence-corrected chi connectivity index (χ3v) is 5.75. The monoisotopic (exact) mass is 342 g/mol. The Labute approximate surface area is 146 Å². The summed E-state index contributed by atoms with van der Waals surface area (Å²) < 4.78 is 0. The first-order valence-corrected chi connectivity index (χ1v) is 9.18. The highest BCUT2D eigenvalue weighted by molar-refractivity contribution is 8.00. The Morgan fingerprint density at radius 2 is 1.88 bits per heavy atom. The molecular formula is C19H22N2O2S. The van der Waals surface area contributed by atoms with Crippen LogP contribution >= 0.6 is 11.8 Å². The lowest BCUT2D eigenvalue weighted by Gasteiger charge is -2.28. The first-order chi connectivity index (χ1) is 11.6. The Balaban J connectivity index is 1.52. The molecule has 0 atom stereocenters. The number of rotatable bonds is 4. The van der Waals surface area contributed by atoms with Crippen LogP contribution in [0.4, 0.5) is 0 Å². The maximum atomic E-state index is 12.3. The van der Waals surface area contributed by atoms with Crippen molar-refractivity contribution >= 4 is 17.7 Å². The van der Waals surface area contributed by atoms with Crippen LogP contribution < -0.4 is 5.32 Å². The van der Waals surface area contributed by atoms with Gasteiger partial charge < -0.3 is 10.4 Å². The molecule has 0 bridgehead atoms. The molecule has 0 saturated heterocycles. The van der Waals surface area contributed by atoms with Gasteiger partial charge in [-0.1, -0.05) is 18.2 Å². The van der Waals surface area contributed by atoms with E-state index in [0.717, 1.165) is 25.7 Å². The molecule has 2 aromatic rings. The van der Waals surface area contributed by atoms with E-state index in [1.54, 1.807) is 19.2 Å². The largest absolute Gasteiger partial charge is 0.505 e. The van der Waals surface area contributed by atoms with Crippen LogP contribution in [0.2, 0.25) is 0 Å². The molecule has 0 radical (unpaired) electrons. The van der Waals surface area contributed by atoms with Gasteiger partial charge in [-0.05, 0) is 56.4 Å². The second-order valence-electron chi connectivity index (χ2n) is 6.20. The van der Waals surface area contributed by atoms with E-state index < -0.39 is 0 Å². The van der Waals surface area contributed by atoms with Crippen molar-refractivity contribution in [3.05, 3.63) is 53.9 Å². The number of carbonyl (C=O) groups is 1. The summed E-state index contributed by atoms with van der Waals surface area (Å²) in [7, 11) is 0. The van der Waals surface area contributed by atoms with E-state index in [2.05, 4.69) is 34.6 Å². The highest BCUT2D eigenvalue weighted by Gasteiger charge is 2.24. The average Bonchev–Trinajstić information content (AvgIpc) is 2.60. The molecule has 1 aromatic carbocycles. The smallest absolute Gasteiger partial charge is 0.273 e. The van der Waals surface area contributed by atoms with Gasteiger partial charge in [-0.25, -0.2) is 4.98 Å². The second kappa shape index (κ2) is 7.71.